The molecular formula is C15H13BrF3N. The quantitative estimate of drug-likeness (QED) is 0.869. The second-order valence-electron chi connectivity index (χ2n) is 4.45. The van der Waals surface area contributed by atoms with Gasteiger partial charge in [-0.05, 0) is 54.9 Å². The van der Waals surface area contributed by atoms with E-state index in [1.165, 1.54) is 12.1 Å². The summed E-state index contributed by atoms with van der Waals surface area (Å²) in [6.45, 7) is 0. The van der Waals surface area contributed by atoms with Crippen molar-refractivity contribution in [1.29, 1.82) is 0 Å². The van der Waals surface area contributed by atoms with E-state index in [4.69, 9.17) is 0 Å². The average molecular weight is 344 g/mol. The second kappa shape index (κ2) is 6.41. The van der Waals surface area contributed by atoms with Gasteiger partial charge in [0, 0.05) is 10.5 Å². The zero-order valence-electron chi connectivity index (χ0n) is 10.8. The maximum atomic E-state index is 13.7. The van der Waals surface area contributed by atoms with Gasteiger partial charge in [-0.25, -0.2) is 13.2 Å². The molecule has 1 atom stereocenters. The molecule has 0 radical (unpaired) electrons. The molecule has 0 aliphatic carbocycles. The fraction of sp³-hybridized carbons (Fsp3) is 0.200. The Morgan fingerprint density at radius 2 is 1.70 bits per heavy atom. The molecule has 106 valence electrons. The molecule has 2 aromatic rings. The number of rotatable bonds is 4. The number of likely N-dealkylation sites (N-methyl/N-ethyl adjacent to an activating group) is 1. The van der Waals surface area contributed by atoms with Crippen molar-refractivity contribution >= 4 is 15.9 Å². The van der Waals surface area contributed by atoms with Crippen LogP contribution in [0.25, 0.3) is 0 Å². The van der Waals surface area contributed by atoms with E-state index in [0.717, 1.165) is 16.6 Å². The minimum atomic E-state index is -0.905. The van der Waals surface area contributed by atoms with Crippen LogP contribution in [0.1, 0.15) is 17.2 Å². The van der Waals surface area contributed by atoms with Crippen molar-refractivity contribution in [3.8, 4) is 0 Å². The van der Waals surface area contributed by atoms with Crippen LogP contribution in [0.5, 0.6) is 0 Å². The van der Waals surface area contributed by atoms with Crippen LogP contribution in [-0.4, -0.2) is 7.05 Å². The normalized spacial score (nSPS) is 12.4. The Hall–Kier alpha value is -1.33. The van der Waals surface area contributed by atoms with E-state index >= 15 is 0 Å². The maximum Gasteiger partial charge on any atom is 0.159 e. The second-order valence-corrected chi connectivity index (χ2v) is 5.37. The Balaban J connectivity index is 2.28. The zero-order chi connectivity index (χ0) is 14.7. The van der Waals surface area contributed by atoms with Crippen LogP contribution in [0.3, 0.4) is 0 Å². The highest BCUT2D eigenvalue weighted by atomic mass is 79.9. The van der Waals surface area contributed by atoms with Gasteiger partial charge in [-0.3, -0.25) is 0 Å². The van der Waals surface area contributed by atoms with E-state index < -0.39 is 11.6 Å². The lowest BCUT2D eigenvalue weighted by Crippen LogP contribution is -2.19. The van der Waals surface area contributed by atoms with Gasteiger partial charge in [-0.15, -0.1) is 0 Å². The fourth-order valence-electron chi connectivity index (χ4n) is 2.04. The van der Waals surface area contributed by atoms with E-state index in [2.05, 4.69) is 21.2 Å². The lowest BCUT2D eigenvalue weighted by Gasteiger charge is -2.17. The SMILES string of the molecule is CNC(Cc1cc(Br)ccc1F)c1ccc(F)c(F)c1. The smallest absolute Gasteiger partial charge is 0.159 e. The third-order valence-electron chi connectivity index (χ3n) is 3.13. The summed E-state index contributed by atoms with van der Waals surface area (Å²) in [7, 11) is 1.70. The molecule has 2 rings (SSSR count). The fourth-order valence-corrected chi connectivity index (χ4v) is 2.44. The molecule has 0 fully saturated rings. The van der Waals surface area contributed by atoms with Crippen LogP contribution < -0.4 is 5.32 Å². The average Bonchev–Trinajstić information content (AvgIpc) is 2.43. The van der Waals surface area contributed by atoms with E-state index in [0.29, 0.717) is 17.5 Å². The third kappa shape index (κ3) is 3.41. The molecule has 0 aromatic heterocycles. The molecule has 0 bridgehead atoms. The number of hydrogen-bond acceptors (Lipinski definition) is 1. The Labute approximate surface area is 123 Å². The Kier molecular flexibility index (Phi) is 4.83. The van der Waals surface area contributed by atoms with Crippen LogP contribution in [0.4, 0.5) is 13.2 Å². The van der Waals surface area contributed by atoms with Gasteiger partial charge in [0.15, 0.2) is 11.6 Å². The first-order chi connectivity index (χ1) is 9.51. The van der Waals surface area contributed by atoms with Gasteiger partial charge < -0.3 is 5.32 Å². The summed E-state index contributed by atoms with van der Waals surface area (Å²) in [5.41, 5.74) is 1.08. The van der Waals surface area contributed by atoms with Crippen LogP contribution in [0, 0.1) is 17.5 Å². The first-order valence-electron chi connectivity index (χ1n) is 6.07. The summed E-state index contributed by atoms with van der Waals surface area (Å²) in [6, 6.07) is 8.07. The third-order valence-corrected chi connectivity index (χ3v) is 3.62. The zero-order valence-corrected chi connectivity index (χ0v) is 12.3. The lowest BCUT2D eigenvalue weighted by molar-refractivity contribution is 0.499. The molecule has 1 N–H and O–H groups in total. The van der Waals surface area contributed by atoms with Gasteiger partial charge in [0.25, 0.3) is 0 Å². The minimum absolute atomic E-state index is 0.297. The van der Waals surface area contributed by atoms with E-state index in [9.17, 15) is 13.2 Å². The molecule has 0 saturated carbocycles. The largest absolute Gasteiger partial charge is 0.313 e. The Morgan fingerprint density at radius 3 is 2.35 bits per heavy atom. The van der Waals surface area contributed by atoms with Gasteiger partial charge in [0.2, 0.25) is 0 Å². The van der Waals surface area contributed by atoms with Crippen molar-refractivity contribution in [1.82, 2.24) is 5.32 Å². The molecule has 0 spiro atoms. The standard InChI is InChI=1S/C15H13BrF3N/c1-20-15(9-2-4-13(18)14(19)7-9)8-10-6-11(16)3-5-12(10)17/h2-7,15,20H,8H2,1H3. The molecule has 5 heteroatoms. The van der Waals surface area contributed by atoms with Crippen molar-refractivity contribution < 1.29 is 13.2 Å². The number of halogens is 4. The van der Waals surface area contributed by atoms with Crippen LogP contribution in [0.15, 0.2) is 40.9 Å². The minimum Gasteiger partial charge on any atom is -0.313 e. The molecule has 0 saturated heterocycles. The highest BCUT2D eigenvalue weighted by molar-refractivity contribution is 9.10. The summed E-state index contributed by atoms with van der Waals surface area (Å²) in [6.07, 6.45) is 0.340. The van der Waals surface area contributed by atoms with Crippen LogP contribution in [-0.2, 0) is 6.42 Å². The first-order valence-corrected chi connectivity index (χ1v) is 6.86. The van der Waals surface area contributed by atoms with Crippen LogP contribution in [0.2, 0.25) is 0 Å². The van der Waals surface area contributed by atoms with Gasteiger partial charge >= 0.3 is 0 Å². The van der Waals surface area contributed by atoms with Gasteiger partial charge in [-0.1, -0.05) is 22.0 Å². The summed E-state index contributed by atoms with van der Waals surface area (Å²) in [5, 5.41) is 2.99. The topological polar surface area (TPSA) is 12.0 Å². The molecule has 0 aliphatic heterocycles. The van der Waals surface area contributed by atoms with Crippen molar-refractivity contribution in [3.63, 3.8) is 0 Å². The van der Waals surface area contributed by atoms with Crippen molar-refractivity contribution in [2.24, 2.45) is 0 Å². The summed E-state index contributed by atoms with van der Waals surface area (Å²) < 4.78 is 40.7. The monoisotopic (exact) mass is 343 g/mol. The molecule has 0 amide bonds. The van der Waals surface area contributed by atoms with Crippen molar-refractivity contribution in [2.45, 2.75) is 12.5 Å². The highest BCUT2D eigenvalue weighted by Crippen LogP contribution is 2.23. The molecule has 0 aliphatic rings. The number of benzene rings is 2. The Morgan fingerprint density at radius 1 is 1.00 bits per heavy atom. The molecule has 1 unspecified atom stereocenters. The molecule has 1 nitrogen and oxygen atoms in total. The molecule has 20 heavy (non-hydrogen) atoms. The van der Waals surface area contributed by atoms with E-state index in [1.54, 1.807) is 19.2 Å². The van der Waals surface area contributed by atoms with Crippen LogP contribution >= 0.6 is 15.9 Å². The number of nitrogens with one attached hydrogen (secondary N) is 1. The number of hydrogen-bond donors (Lipinski definition) is 1. The van der Waals surface area contributed by atoms with Crippen molar-refractivity contribution in [3.05, 3.63) is 69.4 Å². The van der Waals surface area contributed by atoms with Gasteiger partial charge in [0.05, 0.1) is 0 Å². The van der Waals surface area contributed by atoms with E-state index in [1.807, 2.05) is 0 Å². The van der Waals surface area contributed by atoms with E-state index in [-0.39, 0.29) is 11.9 Å². The summed E-state index contributed by atoms with van der Waals surface area (Å²) in [4.78, 5) is 0. The maximum absolute atomic E-state index is 13.7. The molecule has 0 heterocycles. The van der Waals surface area contributed by atoms with Gasteiger partial charge in [0.1, 0.15) is 5.82 Å². The predicted molar refractivity (Wildman–Crippen MR) is 76.0 cm³/mol. The summed E-state index contributed by atoms with van der Waals surface area (Å²) in [5.74, 6) is -2.12. The molecule has 2 aromatic carbocycles. The molecular weight excluding hydrogens is 331 g/mol. The Bertz CT molecular complexity index is 616. The first kappa shape index (κ1) is 15.1. The van der Waals surface area contributed by atoms with Crippen molar-refractivity contribution in [2.75, 3.05) is 7.05 Å². The van der Waals surface area contributed by atoms with Gasteiger partial charge in [-0.2, -0.15) is 0 Å². The highest BCUT2D eigenvalue weighted by Gasteiger charge is 2.15. The lowest BCUT2D eigenvalue weighted by atomic mass is 9.98. The summed E-state index contributed by atoms with van der Waals surface area (Å²) >= 11 is 3.29. The predicted octanol–water partition coefficient (Wildman–Crippen LogP) is 4.37.